The van der Waals surface area contributed by atoms with Crippen molar-refractivity contribution in [3.05, 3.63) is 45.9 Å². The zero-order valence-corrected chi connectivity index (χ0v) is 22.4. The smallest absolute Gasteiger partial charge is 0.315 e. The Labute approximate surface area is 223 Å². The molecule has 1 aromatic carbocycles. The number of urea groups is 1. The first-order chi connectivity index (χ1) is 17.9. The Morgan fingerprint density at radius 2 is 1.59 bits per heavy atom. The number of benzene rings is 1. The van der Waals surface area contributed by atoms with Gasteiger partial charge < -0.3 is 20.7 Å². The molecule has 3 amide bonds. The van der Waals surface area contributed by atoms with Crippen LogP contribution < -0.4 is 20.7 Å². The van der Waals surface area contributed by atoms with Gasteiger partial charge in [0.25, 0.3) is 5.91 Å². The third-order valence-corrected chi connectivity index (χ3v) is 9.81. The van der Waals surface area contributed by atoms with Crippen LogP contribution in [0.4, 0.5) is 4.79 Å². The molecule has 5 fully saturated rings. The molecule has 4 bridgehead atoms. The van der Waals surface area contributed by atoms with Crippen molar-refractivity contribution in [3.8, 4) is 5.75 Å². The van der Waals surface area contributed by atoms with Crippen molar-refractivity contribution in [3.63, 3.8) is 0 Å². The molecule has 7 nitrogen and oxygen atoms in total. The van der Waals surface area contributed by atoms with Crippen LogP contribution in [0, 0.1) is 24.7 Å². The zero-order chi connectivity index (χ0) is 25.4. The van der Waals surface area contributed by atoms with Gasteiger partial charge in [0, 0.05) is 17.0 Å². The second kappa shape index (κ2) is 10.3. The number of ether oxygens (including phenoxy) is 1. The van der Waals surface area contributed by atoms with E-state index in [4.69, 9.17) is 4.74 Å². The predicted octanol–water partition coefficient (Wildman–Crippen LogP) is 5.34. The number of carbonyl (C=O) groups excluding carboxylic acids is 2. The van der Waals surface area contributed by atoms with Crippen molar-refractivity contribution in [1.82, 2.24) is 20.9 Å². The molecule has 0 saturated heterocycles. The molecule has 0 unspecified atom stereocenters. The van der Waals surface area contributed by atoms with Gasteiger partial charge in [-0.25, -0.2) is 9.78 Å². The van der Waals surface area contributed by atoms with Crippen LogP contribution in [-0.2, 0) is 6.61 Å². The van der Waals surface area contributed by atoms with E-state index in [2.05, 4.69) is 20.9 Å². The van der Waals surface area contributed by atoms with Crippen LogP contribution in [0.15, 0.2) is 29.6 Å². The number of nitrogens with one attached hydrogen (secondary N) is 3. The maximum Gasteiger partial charge on any atom is 0.315 e. The molecule has 0 radical (unpaired) electrons. The van der Waals surface area contributed by atoms with Crippen LogP contribution in [0.3, 0.4) is 0 Å². The molecule has 5 aliphatic carbocycles. The maximum atomic E-state index is 13.1. The lowest BCUT2D eigenvalue weighted by Crippen LogP contribution is -2.63. The summed E-state index contributed by atoms with van der Waals surface area (Å²) >= 11 is 1.43. The molecule has 2 aromatic rings. The summed E-state index contributed by atoms with van der Waals surface area (Å²) in [6, 6.07) is 7.68. The lowest BCUT2D eigenvalue weighted by Gasteiger charge is -2.56. The Bertz CT molecular complexity index is 1100. The second-order valence-electron chi connectivity index (χ2n) is 12.0. The van der Waals surface area contributed by atoms with Crippen LogP contribution in [0.5, 0.6) is 5.75 Å². The van der Waals surface area contributed by atoms with Gasteiger partial charge in [-0.2, -0.15) is 0 Å². The number of aryl methyl sites for hydroxylation is 1. The molecule has 5 saturated carbocycles. The topological polar surface area (TPSA) is 92.3 Å². The number of aromatic nitrogens is 1. The maximum absolute atomic E-state index is 13.1. The van der Waals surface area contributed by atoms with Gasteiger partial charge in [0.05, 0.1) is 6.04 Å². The Hall–Kier alpha value is -2.61. The molecule has 0 aliphatic heterocycles. The SMILES string of the molecule is Cc1ccc(OCc2nc(C(=O)N[C@@H]3CCCC[C@@H]3NC(=O)NC34CC5CC(CC(C5)C3)C4)cs2)cc1. The Morgan fingerprint density at radius 1 is 0.973 bits per heavy atom. The lowest BCUT2D eigenvalue weighted by atomic mass is 9.53. The molecule has 0 spiro atoms. The number of hydrogen-bond donors (Lipinski definition) is 3. The first kappa shape index (κ1) is 24.7. The largest absolute Gasteiger partial charge is 0.486 e. The third-order valence-electron chi connectivity index (χ3n) is 8.98. The van der Waals surface area contributed by atoms with Crippen molar-refractivity contribution < 1.29 is 14.3 Å². The highest BCUT2D eigenvalue weighted by molar-refractivity contribution is 7.09. The van der Waals surface area contributed by atoms with Gasteiger partial charge in [-0.05, 0) is 88.2 Å². The van der Waals surface area contributed by atoms with E-state index in [0.717, 1.165) is 73.5 Å². The molecule has 8 heteroatoms. The first-order valence-electron chi connectivity index (χ1n) is 14.0. The Kier molecular flexibility index (Phi) is 6.86. The molecule has 198 valence electrons. The highest BCUT2D eigenvalue weighted by atomic mass is 32.1. The fraction of sp³-hybridized carbons (Fsp3) is 0.621. The molecule has 5 aliphatic rings. The molecule has 7 rings (SSSR count). The standard InChI is InChI=1S/C29H38N4O3S/c1-18-6-8-22(9-7-18)36-16-26-30-25(17-37-26)27(34)31-23-4-2-3-5-24(23)32-28(35)33-29-13-19-10-20(14-29)12-21(11-19)15-29/h6-9,17,19-21,23-24H,2-5,10-16H2,1H3,(H,31,34)(H2,32,33,35)/t19?,20?,21?,23-,24+,29?/m1/s1. The molecule has 3 N–H and O–H groups in total. The zero-order valence-electron chi connectivity index (χ0n) is 21.6. The second-order valence-corrected chi connectivity index (χ2v) is 12.9. The van der Waals surface area contributed by atoms with Gasteiger partial charge in [0.1, 0.15) is 23.1 Å². The van der Waals surface area contributed by atoms with E-state index < -0.39 is 0 Å². The molecule has 37 heavy (non-hydrogen) atoms. The van der Waals surface area contributed by atoms with Gasteiger partial charge in [-0.3, -0.25) is 4.79 Å². The minimum Gasteiger partial charge on any atom is -0.486 e. The molecular formula is C29H38N4O3S. The number of hydrogen-bond acceptors (Lipinski definition) is 5. The first-order valence-corrected chi connectivity index (χ1v) is 14.8. The summed E-state index contributed by atoms with van der Waals surface area (Å²) in [4.78, 5) is 30.7. The fourth-order valence-electron chi connectivity index (χ4n) is 7.69. The monoisotopic (exact) mass is 522 g/mol. The van der Waals surface area contributed by atoms with Crippen LogP contribution in [-0.4, -0.2) is 34.5 Å². The van der Waals surface area contributed by atoms with Crippen LogP contribution in [0.2, 0.25) is 0 Å². The Balaban J connectivity index is 1.02. The van der Waals surface area contributed by atoms with Gasteiger partial charge in [0.2, 0.25) is 0 Å². The van der Waals surface area contributed by atoms with E-state index in [1.165, 1.54) is 36.2 Å². The summed E-state index contributed by atoms with van der Waals surface area (Å²) in [5.41, 5.74) is 1.58. The minimum atomic E-state index is -0.182. The molecule has 2 atom stereocenters. The van der Waals surface area contributed by atoms with Gasteiger partial charge >= 0.3 is 6.03 Å². The average molecular weight is 523 g/mol. The van der Waals surface area contributed by atoms with E-state index in [0.29, 0.717) is 12.3 Å². The van der Waals surface area contributed by atoms with Crippen molar-refractivity contribution in [2.75, 3.05) is 0 Å². The van der Waals surface area contributed by atoms with E-state index in [-0.39, 0.29) is 29.6 Å². The van der Waals surface area contributed by atoms with Crippen LogP contribution >= 0.6 is 11.3 Å². The minimum absolute atomic E-state index is 0.0100. The van der Waals surface area contributed by atoms with E-state index in [9.17, 15) is 9.59 Å². The van der Waals surface area contributed by atoms with E-state index in [1.54, 1.807) is 5.38 Å². The lowest BCUT2D eigenvalue weighted by molar-refractivity contribution is -0.0138. The predicted molar refractivity (Wildman–Crippen MR) is 144 cm³/mol. The normalized spacial score (nSPS) is 32.1. The van der Waals surface area contributed by atoms with Crippen LogP contribution in [0.25, 0.3) is 0 Å². The summed E-state index contributed by atoms with van der Waals surface area (Å²) in [7, 11) is 0. The number of rotatable bonds is 7. The van der Waals surface area contributed by atoms with E-state index >= 15 is 0 Å². The van der Waals surface area contributed by atoms with Crippen molar-refractivity contribution in [1.29, 1.82) is 0 Å². The fourth-order valence-corrected chi connectivity index (χ4v) is 8.37. The highest BCUT2D eigenvalue weighted by Gasteiger charge is 2.51. The summed E-state index contributed by atoms with van der Waals surface area (Å²) in [5.74, 6) is 2.98. The average Bonchev–Trinajstić information content (AvgIpc) is 3.33. The summed E-state index contributed by atoms with van der Waals surface area (Å²) in [5, 5.41) is 12.4. The quantitative estimate of drug-likeness (QED) is 0.458. The van der Waals surface area contributed by atoms with Gasteiger partial charge in [-0.1, -0.05) is 30.5 Å². The molecule has 1 heterocycles. The third kappa shape index (κ3) is 5.64. The van der Waals surface area contributed by atoms with Crippen LogP contribution in [0.1, 0.15) is 85.3 Å². The van der Waals surface area contributed by atoms with Crippen molar-refractivity contribution in [2.45, 2.75) is 95.4 Å². The number of carbonyl (C=O) groups is 2. The number of nitrogens with zero attached hydrogens (tertiary/aromatic N) is 1. The number of amides is 3. The summed E-state index contributed by atoms with van der Waals surface area (Å²) in [6.45, 7) is 2.37. The molecule has 1 aromatic heterocycles. The van der Waals surface area contributed by atoms with Gasteiger partial charge in [-0.15, -0.1) is 11.3 Å². The summed E-state index contributed by atoms with van der Waals surface area (Å²) < 4.78 is 5.81. The molecular weight excluding hydrogens is 484 g/mol. The number of thiazole rings is 1. The van der Waals surface area contributed by atoms with E-state index in [1.807, 2.05) is 31.2 Å². The Morgan fingerprint density at radius 3 is 2.24 bits per heavy atom. The van der Waals surface area contributed by atoms with Gasteiger partial charge in [0.15, 0.2) is 0 Å². The van der Waals surface area contributed by atoms with Crippen molar-refractivity contribution in [2.24, 2.45) is 17.8 Å². The highest BCUT2D eigenvalue weighted by Crippen LogP contribution is 2.55. The van der Waals surface area contributed by atoms with Crippen molar-refractivity contribution >= 4 is 23.3 Å². The summed E-state index contributed by atoms with van der Waals surface area (Å²) in [6.07, 6.45) is 11.3.